The third-order valence-electron chi connectivity index (χ3n) is 3.71. The Hall–Kier alpha value is -1.81. The summed E-state index contributed by atoms with van der Waals surface area (Å²) < 4.78 is 0.874. The molecular formula is C16H14BrNO2. The highest BCUT2D eigenvalue weighted by molar-refractivity contribution is 9.10. The smallest absolute Gasteiger partial charge is 0.337 e. The molecule has 1 aliphatic carbocycles. The van der Waals surface area contributed by atoms with Crippen molar-refractivity contribution in [3.05, 3.63) is 63.6 Å². The number of hydrogen-bond donors (Lipinski definition) is 2. The Morgan fingerprint density at radius 1 is 1.30 bits per heavy atom. The van der Waals surface area contributed by atoms with Crippen LogP contribution in [0.3, 0.4) is 0 Å². The van der Waals surface area contributed by atoms with E-state index in [2.05, 4.69) is 39.4 Å². The molecule has 0 radical (unpaired) electrons. The molecule has 0 bridgehead atoms. The highest BCUT2D eigenvalue weighted by atomic mass is 79.9. The van der Waals surface area contributed by atoms with Crippen LogP contribution in [0, 0.1) is 0 Å². The molecule has 1 atom stereocenters. The van der Waals surface area contributed by atoms with Gasteiger partial charge in [-0.05, 0) is 35.7 Å². The predicted octanol–water partition coefficient (Wildman–Crippen LogP) is 3.90. The fourth-order valence-corrected chi connectivity index (χ4v) is 2.99. The van der Waals surface area contributed by atoms with Gasteiger partial charge in [-0.3, -0.25) is 0 Å². The Morgan fingerprint density at radius 3 is 2.85 bits per heavy atom. The van der Waals surface area contributed by atoms with Crippen molar-refractivity contribution in [3.8, 4) is 0 Å². The second kappa shape index (κ2) is 5.29. The van der Waals surface area contributed by atoms with Crippen molar-refractivity contribution >= 4 is 27.6 Å². The molecule has 0 amide bonds. The lowest BCUT2D eigenvalue weighted by Crippen LogP contribution is -2.24. The maximum atomic E-state index is 11.2. The SMILES string of the molecule is O=C(O)c1ccc(Br)cc1NCC1Cc2ccccc21. The highest BCUT2D eigenvalue weighted by Gasteiger charge is 2.25. The van der Waals surface area contributed by atoms with Crippen molar-refractivity contribution in [2.45, 2.75) is 12.3 Å². The molecule has 2 aromatic rings. The molecule has 3 rings (SSSR count). The average molecular weight is 332 g/mol. The lowest BCUT2D eigenvalue weighted by molar-refractivity contribution is 0.0698. The van der Waals surface area contributed by atoms with E-state index < -0.39 is 5.97 Å². The van der Waals surface area contributed by atoms with Crippen LogP contribution in [0.2, 0.25) is 0 Å². The summed E-state index contributed by atoms with van der Waals surface area (Å²) in [5, 5.41) is 12.5. The van der Waals surface area contributed by atoms with Crippen molar-refractivity contribution in [3.63, 3.8) is 0 Å². The van der Waals surface area contributed by atoms with E-state index in [1.807, 2.05) is 12.1 Å². The zero-order valence-corrected chi connectivity index (χ0v) is 12.4. The number of aromatic carboxylic acids is 1. The van der Waals surface area contributed by atoms with Crippen molar-refractivity contribution in [1.29, 1.82) is 0 Å². The van der Waals surface area contributed by atoms with Gasteiger partial charge in [0.05, 0.1) is 5.56 Å². The lowest BCUT2D eigenvalue weighted by Gasteiger charge is -2.30. The summed E-state index contributed by atoms with van der Waals surface area (Å²) in [5.74, 6) is -0.444. The number of carbonyl (C=O) groups is 1. The van der Waals surface area contributed by atoms with Crippen LogP contribution in [0.25, 0.3) is 0 Å². The summed E-state index contributed by atoms with van der Waals surface area (Å²) in [6, 6.07) is 13.6. The van der Waals surface area contributed by atoms with Gasteiger partial charge in [0.1, 0.15) is 0 Å². The second-order valence-corrected chi connectivity index (χ2v) is 5.89. The van der Waals surface area contributed by atoms with Crippen LogP contribution >= 0.6 is 15.9 Å². The Morgan fingerprint density at radius 2 is 2.10 bits per heavy atom. The number of benzene rings is 2. The summed E-state index contributed by atoms with van der Waals surface area (Å²) in [6.07, 6.45) is 1.06. The van der Waals surface area contributed by atoms with Crippen molar-refractivity contribution < 1.29 is 9.90 Å². The third-order valence-corrected chi connectivity index (χ3v) is 4.21. The first kappa shape index (κ1) is 13.2. The first-order chi connectivity index (χ1) is 9.65. The summed E-state index contributed by atoms with van der Waals surface area (Å²) in [6.45, 7) is 0.758. The van der Waals surface area contributed by atoms with E-state index >= 15 is 0 Å². The summed E-state index contributed by atoms with van der Waals surface area (Å²) in [5.41, 5.74) is 3.73. The standard InChI is InChI=1S/C16H14BrNO2/c17-12-5-6-14(16(19)20)15(8-12)18-9-11-7-10-3-1-2-4-13(10)11/h1-6,8,11,18H,7,9H2,(H,19,20). The topological polar surface area (TPSA) is 49.3 Å². The molecule has 4 heteroatoms. The van der Waals surface area contributed by atoms with E-state index in [9.17, 15) is 9.90 Å². The summed E-state index contributed by atoms with van der Waals surface area (Å²) in [7, 11) is 0. The Bertz CT molecular complexity index is 669. The number of halogens is 1. The molecule has 0 saturated carbocycles. The molecule has 2 aromatic carbocycles. The number of anilines is 1. The predicted molar refractivity (Wildman–Crippen MR) is 82.5 cm³/mol. The van der Waals surface area contributed by atoms with Gasteiger partial charge in [-0.25, -0.2) is 4.79 Å². The molecular weight excluding hydrogens is 318 g/mol. The van der Waals surface area contributed by atoms with Crippen LogP contribution < -0.4 is 5.32 Å². The number of hydrogen-bond acceptors (Lipinski definition) is 2. The largest absolute Gasteiger partial charge is 0.478 e. The minimum absolute atomic E-state index is 0.306. The van der Waals surface area contributed by atoms with Crippen LogP contribution in [0.4, 0.5) is 5.69 Å². The fourth-order valence-electron chi connectivity index (χ4n) is 2.63. The van der Waals surface area contributed by atoms with Crippen LogP contribution in [0.15, 0.2) is 46.9 Å². The van der Waals surface area contributed by atoms with Gasteiger partial charge in [0.2, 0.25) is 0 Å². The Balaban J connectivity index is 1.74. The van der Waals surface area contributed by atoms with Gasteiger partial charge in [0.15, 0.2) is 0 Å². The van der Waals surface area contributed by atoms with Gasteiger partial charge in [0, 0.05) is 22.6 Å². The van der Waals surface area contributed by atoms with E-state index in [0.717, 1.165) is 17.4 Å². The van der Waals surface area contributed by atoms with E-state index in [-0.39, 0.29) is 0 Å². The van der Waals surface area contributed by atoms with Gasteiger partial charge in [-0.15, -0.1) is 0 Å². The normalized spacial score (nSPS) is 16.1. The quantitative estimate of drug-likeness (QED) is 0.893. The number of carboxylic acid groups (broad SMARTS) is 1. The Kier molecular flexibility index (Phi) is 3.49. The maximum absolute atomic E-state index is 11.2. The second-order valence-electron chi connectivity index (χ2n) is 4.98. The van der Waals surface area contributed by atoms with Crippen molar-refractivity contribution in [2.24, 2.45) is 0 Å². The Labute approximate surface area is 125 Å². The van der Waals surface area contributed by atoms with E-state index in [1.165, 1.54) is 11.1 Å². The summed E-state index contributed by atoms with van der Waals surface area (Å²) in [4.78, 5) is 11.2. The van der Waals surface area contributed by atoms with Gasteiger partial charge in [0.25, 0.3) is 0 Å². The lowest BCUT2D eigenvalue weighted by atomic mass is 9.77. The molecule has 0 saturated heterocycles. The molecule has 102 valence electrons. The zero-order chi connectivity index (χ0) is 14.1. The van der Waals surface area contributed by atoms with Gasteiger partial charge >= 0.3 is 5.97 Å². The van der Waals surface area contributed by atoms with Crippen LogP contribution in [0.1, 0.15) is 27.4 Å². The van der Waals surface area contributed by atoms with E-state index in [0.29, 0.717) is 17.2 Å². The maximum Gasteiger partial charge on any atom is 0.337 e. The number of rotatable bonds is 4. The van der Waals surface area contributed by atoms with Crippen LogP contribution in [0.5, 0.6) is 0 Å². The van der Waals surface area contributed by atoms with Crippen molar-refractivity contribution in [1.82, 2.24) is 0 Å². The molecule has 0 heterocycles. The van der Waals surface area contributed by atoms with Gasteiger partial charge < -0.3 is 10.4 Å². The molecule has 0 fully saturated rings. The molecule has 0 aromatic heterocycles. The van der Waals surface area contributed by atoms with Crippen LogP contribution in [-0.4, -0.2) is 17.6 Å². The molecule has 3 nitrogen and oxygen atoms in total. The highest BCUT2D eigenvalue weighted by Crippen LogP contribution is 2.35. The van der Waals surface area contributed by atoms with Crippen LogP contribution in [-0.2, 0) is 6.42 Å². The van der Waals surface area contributed by atoms with Gasteiger partial charge in [-0.2, -0.15) is 0 Å². The molecule has 0 aliphatic heterocycles. The molecule has 1 unspecified atom stereocenters. The molecule has 20 heavy (non-hydrogen) atoms. The molecule has 1 aliphatic rings. The number of carboxylic acids is 1. The first-order valence-corrected chi connectivity index (χ1v) is 7.29. The average Bonchev–Trinajstić information content (AvgIpc) is 2.39. The third kappa shape index (κ3) is 2.43. The molecule has 0 spiro atoms. The number of nitrogens with one attached hydrogen (secondary N) is 1. The monoisotopic (exact) mass is 331 g/mol. The summed E-state index contributed by atoms with van der Waals surface area (Å²) >= 11 is 3.38. The number of fused-ring (bicyclic) bond motifs is 1. The minimum Gasteiger partial charge on any atom is -0.478 e. The van der Waals surface area contributed by atoms with E-state index in [4.69, 9.17) is 0 Å². The first-order valence-electron chi connectivity index (χ1n) is 6.49. The van der Waals surface area contributed by atoms with Crippen molar-refractivity contribution in [2.75, 3.05) is 11.9 Å². The minimum atomic E-state index is -0.908. The van der Waals surface area contributed by atoms with E-state index in [1.54, 1.807) is 12.1 Å². The fraction of sp³-hybridized carbons (Fsp3) is 0.188. The zero-order valence-electron chi connectivity index (χ0n) is 10.8. The van der Waals surface area contributed by atoms with Gasteiger partial charge in [-0.1, -0.05) is 40.2 Å². The molecule has 2 N–H and O–H groups in total.